The molecule has 0 aromatic carbocycles. The van der Waals surface area contributed by atoms with Crippen LogP contribution in [0.4, 0.5) is 0 Å². The molecule has 0 aliphatic heterocycles. The minimum Gasteiger partial charge on any atom is -0.0654 e. The van der Waals surface area contributed by atoms with Crippen molar-refractivity contribution in [2.24, 2.45) is 41.4 Å². The highest BCUT2D eigenvalue weighted by molar-refractivity contribution is 5.01. The van der Waals surface area contributed by atoms with Gasteiger partial charge in [0, 0.05) is 0 Å². The Bertz CT molecular complexity index is 307. The minimum absolute atomic E-state index is 1.01. The van der Waals surface area contributed by atoms with Crippen LogP contribution in [0.2, 0.25) is 0 Å². The van der Waals surface area contributed by atoms with Crippen LogP contribution >= 0.6 is 0 Å². The molecule has 0 saturated heterocycles. The van der Waals surface area contributed by atoms with Crippen molar-refractivity contribution in [1.82, 2.24) is 0 Å². The van der Waals surface area contributed by atoms with Gasteiger partial charge in [-0.25, -0.2) is 0 Å². The maximum Gasteiger partial charge on any atom is -0.0352 e. The molecule has 3 saturated carbocycles. The van der Waals surface area contributed by atoms with E-state index in [-0.39, 0.29) is 0 Å². The average Bonchev–Trinajstić information content (AvgIpc) is 2.39. The van der Waals surface area contributed by atoms with Gasteiger partial charge in [0.15, 0.2) is 0 Å². The summed E-state index contributed by atoms with van der Waals surface area (Å²) in [5.41, 5.74) is 0. The van der Waals surface area contributed by atoms with Gasteiger partial charge in [-0.3, -0.25) is 0 Å². The van der Waals surface area contributed by atoms with E-state index in [1.54, 1.807) is 32.1 Å². The highest BCUT2D eigenvalue weighted by Crippen LogP contribution is 2.60. The fourth-order valence-corrected chi connectivity index (χ4v) is 6.19. The molecule has 0 heterocycles. The molecule has 3 fully saturated rings. The molecule has 20 heavy (non-hydrogen) atoms. The number of hydrogen-bond donors (Lipinski definition) is 0. The molecule has 3 rings (SSSR count). The predicted molar refractivity (Wildman–Crippen MR) is 87.6 cm³/mol. The molecule has 0 radical (unpaired) electrons. The first-order chi connectivity index (χ1) is 9.72. The molecule has 0 amide bonds. The van der Waals surface area contributed by atoms with Crippen molar-refractivity contribution in [1.29, 1.82) is 0 Å². The van der Waals surface area contributed by atoms with Crippen molar-refractivity contribution >= 4 is 0 Å². The summed E-state index contributed by atoms with van der Waals surface area (Å²) >= 11 is 0. The van der Waals surface area contributed by atoms with Gasteiger partial charge in [-0.05, 0) is 73.5 Å². The molecular formula is C20H36. The third-order valence-corrected chi connectivity index (χ3v) is 7.44. The van der Waals surface area contributed by atoms with E-state index in [1.165, 1.54) is 32.1 Å². The van der Waals surface area contributed by atoms with Crippen LogP contribution < -0.4 is 0 Å². The third-order valence-electron chi connectivity index (χ3n) is 7.44. The Morgan fingerprint density at radius 2 is 1.45 bits per heavy atom. The van der Waals surface area contributed by atoms with Crippen molar-refractivity contribution in [3.8, 4) is 0 Å². The summed E-state index contributed by atoms with van der Waals surface area (Å²) in [6, 6.07) is 0. The van der Waals surface area contributed by atoms with Crippen molar-refractivity contribution in [2.75, 3.05) is 0 Å². The summed E-state index contributed by atoms with van der Waals surface area (Å²) < 4.78 is 0. The Morgan fingerprint density at radius 1 is 0.750 bits per heavy atom. The van der Waals surface area contributed by atoms with Crippen LogP contribution in [0, 0.1) is 41.4 Å². The molecule has 0 N–H and O–H groups in total. The minimum atomic E-state index is 1.01. The Labute approximate surface area is 127 Å². The lowest BCUT2D eigenvalue weighted by atomic mass is 9.46. The molecule has 0 heteroatoms. The summed E-state index contributed by atoms with van der Waals surface area (Å²) in [5.74, 6) is 7.63. The van der Waals surface area contributed by atoms with Gasteiger partial charge < -0.3 is 0 Å². The molecule has 116 valence electrons. The Balaban J connectivity index is 1.67. The largest absolute Gasteiger partial charge is 0.0654 e. The van der Waals surface area contributed by atoms with E-state index < -0.39 is 0 Å². The Kier molecular flexibility index (Phi) is 4.78. The first-order valence-electron chi connectivity index (χ1n) is 9.72. The lowest BCUT2D eigenvalue weighted by Crippen LogP contribution is -2.52. The van der Waals surface area contributed by atoms with Crippen molar-refractivity contribution < 1.29 is 0 Å². The molecule has 2 bridgehead atoms. The normalized spacial score (nSPS) is 47.2. The zero-order valence-electron chi connectivity index (χ0n) is 14.1. The fourth-order valence-electron chi connectivity index (χ4n) is 6.19. The standard InChI is InChI=1S/C20H36/c1-4-5-6-7-8-16-15(3)20-13-14(2)9-10-17(16)18-11-12-19(18)20/h14-20H,4-13H2,1-3H3. The topological polar surface area (TPSA) is 0 Å². The third kappa shape index (κ3) is 2.69. The lowest BCUT2D eigenvalue weighted by molar-refractivity contribution is -0.100. The van der Waals surface area contributed by atoms with Crippen LogP contribution in [0.15, 0.2) is 0 Å². The van der Waals surface area contributed by atoms with Crippen molar-refractivity contribution in [2.45, 2.75) is 85.0 Å². The monoisotopic (exact) mass is 276 g/mol. The zero-order valence-corrected chi connectivity index (χ0v) is 14.1. The van der Waals surface area contributed by atoms with Crippen molar-refractivity contribution in [3.05, 3.63) is 0 Å². The second-order valence-electron chi connectivity index (χ2n) is 8.52. The van der Waals surface area contributed by atoms with E-state index >= 15 is 0 Å². The Morgan fingerprint density at radius 3 is 2.15 bits per heavy atom. The van der Waals surface area contributed by atoms with Gasteiger partial charge in [0.1, 0.15) is 0 Å². The quantitative estimate of drug-likeness (QED) is 0.517. The molecule has 3 aliphatic carbocycles. The number of rotatable bonds is 5. The van der Waals surface area contributed by atoms with Crippen LogP contribution in [0.5, 0.6) is 0 Å². The van der Waals surface area contributed by atoms with E-state index in [4.69, 9.17) is 0 Å². The first kappa shape index (κ1) is 14.9. The maximum atomic E-state index is 2.63. The molecule has 7 unspecified atom stereocenters. The summed E-state index contributed by atoms with van der Waals surface area (Å²) in [5, 5.41) is 0. The second-order valence-corrected chi connectivity index (χ2v) is 8.52. The molecule has 0 aromatic heterocycles. The van der Waals surface area contributed by atoms with Gasteiger partial charge in [-0.2, -0.15) is 0 Å². The molecular weight excluding hydrogens is 240 g/mol. The number of fused-ring (bicyclic) bond motifs is 6. The molecule has 0 nitrogen and oxygen atoms in total. The average molecular weight is 277 g/mol. The van der Waals surface area contributed by atoms with E-state index in [2.05, 4.69) is 20.8 Å². The summed E-state index contributed by atoms with van der Waals surface area (Å²) in [4.78, 5) is 0. The zero-order chi connectivity index (χ0) is 14.1. The van der Waals surface area contributed by atoms with E-state index in [9.17, 15) is 0 Å². The second kappa shape index (κ2) is 6.41. The summed E-state index contributed by atoms with van der Waals surface area (Å²) in [7, 11) is 0. The number of hydrogen-bond acceptors (Lipinski definition) is 0. The number of unbranched alkanes of at least 4 members (excludes halogenated alkanes) is 3. The van der Waals surface area contributed by atoms with Crippen LogP contribution in [0.25, 0.3) is 0 Å². The van der Waals surface area contributed by atoms with Gasteiger partial charge in [0.2, 0.25) is 0 Å². The molecule has 0 aromatic rings. The first-order valence-corrected chi connectivity index (χ1v) is 9.72. The van der Waals surface area contributed by atoms with Crippen LogP contribution in [0.3, 0.4) is 0 Å². The van der Waals surface area contributed by atoms with Gasteiger partial charge in [-0.15, -0.1) is 0 Å². The highest BCUT2D eigenvalue weighted by atomic mass is 14.6. The predicted octanol–water partition coefficient (Wildman–Crippen LogP) is 6.30. The van der Waals surface area contributed by atoms with Crippen LogP contribution in [0.1, 0.15) is 85.0 Å². The van der Waals surface area contributed by atoms with Gasteiger partial charge in [0.25, 0.3) is 0 Å². The van der Waals surface area contributed by atoms with E-state index in [1.807, 2.05) is 0 Å². The van der Waals surface area contributed by atoms with Gasteiger partial charge in [-0.1, -0.05) is 52.9 Å². The van der Waals surface area contributed by atoms with E-state index in [0.29, 0.717) is 0 Å². The van der Waals surface area contributed by atoms with Gasteiger partial charge in [0.05, 0.1) is 0 Å². The van der Waals surface area contributed by atoms with E-state index in [0.717, 1.165) is 41.4 Å². The van der Waals surface area contributed by atoms with Crippen LogP contribution in [-0.4, -0.2) is 0 Å². The van der Waals surface area contributed by atoms with Crippen LogP contribution in [-0.2, 0) is 0 Å². The highest BCUT2D eigenvalue weighted by Gasteiger charge is 2.52. The van der Waals surface area contributed by atoms with Gasteiger partial charge >= 0.3 is 0 Å². The lowest BCUT2D eigenvalue weighted by Gasteiger charge is -2.59. The SMILES string of the molecule is CCCCCCC1C(C)C2CC(C)CCC1C1CCC21. The Hall–Kier alpha value is 0. The molecule has 7 atom stereocenters. The molecule has 3 aliphatic rings. The summed E-state index contributed by atoms with van der Waals surface area (Å²) in [6.07, 6.45) is 15.2. The maximum absolute atomic E-state index is 2.63. The summed E-state index contributed by atoms with van der Waals surface area (Å²) in [6.45, 7) is 7.49. The smallest absolute Gasteiger partial charge is 0.0352 e. The molecule has 0 spiro atoms. The fraction of sp³-hybridized carbons (Fsp3) is 1.00. The van der Waals surface area contributed by atoms with Crippen molar-refractivity contribution in [3.63, 3.8) is 0 Å².